The van der Waals surface area contributed by atoms with Crippen LogP contribution in [0.15, 0.2) is 22.8 Å². The molecule has 21 heavy (non-hydrogen) atoms. The summed E-state index contributed by atoms with van der Waals surface area (Å²) in [5, 5.41) is 2.95. The first-order valence-electron chi connectivity index (χ1n) is 7.53. The molecule has 1 aliphatic rings. The highest BCUT2D eigenvalue weighted by Gasteiger charge is 2.26. The Labute approximate surface area is 125 Å². The molecule has 0 aliphatic carbocycles. The molecule has 0 bridgehead atoms. The van der Waals surface area contributed by atoms with E-state index in [1.165, 1.54) is 6.26 Å². The summed E-state index contributed by atoms with van der Waals surface area (Å²) in [5.74, 6) is 0.144. The van der Waals surface area contributed by atoms with E-state index in [-0.39, 0.29) is 18.0 Å². The van der Waals surface area contributed by atoms with Crippen LogP contribution in [0.3, 0.4) is 0 Å². The van der Waals surface area contributed by atoms with E-state index in [1.807, 2.05) is 23.6 Å². The number of nitrogens with one attached hydrogen (secondary N) is 1. The molecule has 0 atom stereocenters. The number of furan rings is 1. The number of rotatable bonds is 4. The first-order chi connectivity index (χ1) is 10.2. The van der Waals surface area contributed by atoms with Gasteiger partial charge in [-0.25, -0.2) is 4.79 Å². The van der Waals surface area contributed by atoms with E-state index in [4.69, 9.17) is 4.42 Å². The summed E-state index contributed by atoms with van der Waals surface area (Å²) in [6.45, 7) is 6.78. The number of piperidine rings is 1. The highest BCUT2D eigenvalue weighted by Crippen LogP contribution is 2.13. The molecule has 6 heteroatoms. The lowest BCUT2D eigenvalue weighted by Gasteiger charge is -2.35. The van der Waals surface area contributed by atoms with Crippen LogP contribution in [-0.4, -0.2) is 54.0 Å². The van der Waals surface area contributed by atoms with E-state index in [0.29, 0.717) is 18.8 Å². The average Bonchev–Trinajstić information content (AvgIpc) is 3.03. The topological polar surface area (TPSA) is 65.8 Å². The minimum atomic E-state index is -0.187. The fraction of sp³-hybridized carbons (Fsp3) is 0.600. The standard InChI is InChI=1S/C15H23N3O3/c1-3-17(4-2)15(20)18-9-7-12(8-10-18)16-14(19)13-6-5-11-21-13/h5-6,11-12H,3-4,7-10H2,1-2H3,(H,16,19). The van der Waals surface area contributed by atoms with Crippen molar-refractivity contribution >= 4 is 11.9 Å². The lowest BCUT2D eigenvalue weighted by atomic mass is 10.1. The Morgan fingerprint density at radius 1 is 1.33 bits per heavy atom. The summed E-state index contributed by atoms with van der Waals surface area (Å²) in [5.41, 5.74) is 0. The van der Waals surface area contributed by atoms with Gasteiger partial charge in [-0.1, -0.05) is 0 Å². The molecule has 6 nitrogen and oxygen atoms in total. The van der Waals surface area contributed by atoms with Crippen LogP contribution in [0.4, 0.5) is 4.79 Å². The summed E-state index contributed by atoms with van der Waals surface area (Å²) in [7, 11) is 0. The normalized spacial score (nSPS) is 15.8. The summed E-state index contributed by atoms with van der Waals surface area (Å²) in [6.07, 6.45) is 3.04. The number of carbonyl (C=O) groups excluding carboxylic acids is 2. The van der Waals surface area contributed by atoms with Gasteiger partial charge in [0.15, 0.2) is 5.76 Å². The van der Waals surface area contributed by atoms with Gasteiger partial charge in [0.2, 0.25) is 0 Å². The Kier molecular flexibility index (Phi) is 5.25. The van der Waals surface area contributed by atoms with Gasteiger partial charge >= 0.3 is 6.03 Å². The second-order valence-electron chi connectivity index (χ2n) is 5.17. The number of hydrogen-bond donors (Lipinski definition) is 1. The first-order valence-corrected chi connectivity index (χ1v) is 7.53. The summed E-state index contributed by atoms with van der Waals surface area (Å²) in [4.78, 5) is 27.8. The number of likely N-dealkylation sites (tertiary alicyclic amines) is 1. The number of carbonyl (C=O) groups is 2. The van der Waals surface area contributed by atoms with Crippen molar-refractivity contribution in [3.63, 3.8) is 0 Å². The molecular formula is C15H23N3O3. The molecule has 116 valence electrons. The molecule has 3 amide bonds. The third-order valence-corrected chi connectivity index (χ3v) is 3.88. The summed E-state index contributed by atoms with van der Waals surface area (Å²) in [6, 6.07) is 3.54. The molecule has 0 saturated carbocycles. The summed E-state index contributed by atoms with van der Waals surface area (Å²) < 4.78 is 5.07. The van der Waals surface area contributed by atoms with Gasteiger partial charge in [-0.3, -0.25) is 4.79 Å². The van der Waals surface area contributed by atoms with E-state index >= 15 is 0 Å². The van der Waals surface area contributed by atoms with Crippen molar-refractivity contribution in [2.24, 2.45) is 0 Å². The smallest absolute Gasteiger partial charge is 0.319 e. The number of amides is 3. The van der Waals surface area contributed by atoms with E-state index in [2.05, 4.69) is 5.32 Å². The molecule has 1 saturated heterocycles. The van der Waals surface area contributed by atoms with Gasteiger partial charge in [-0.05, 0) is 38.8 Å². The monoisotopic (exact) mass is 293 g/mol. The van der Waals surface area contributed by atoms with Gasteiger partial charge in [-0.2, -0.15) is 0 Å². The van der Waals surface area contributed by atoms with E-state index < -0.39 is 0 Å². The zero-order valence-corrected chi connectivity index (χ0v) is 12.7. The van der Waals surface area contributed by atoms with Crippen LogP contribution in [0.2, 0.25) is 0 Å². The Hall–Kier alpha value is -1.98. The number of nitrogens with zero attached hydrogens (tertiary/aromatic N) is 2. The van der Waals surface area contributed by atoms with Crippen LogP contribution in [0.25, 0.3) is 0 Å². The molecule has 1 N–H and O–H groups in total. The second kappa shape index (κ2) is 7.15. The molecular weight excluding hydrogens is 270 g/mol. The van der Waals surface area contributed by atoms with Crippen LogP contribution in [0, 0.1) is 0 Å². The highest BCUT2D eigenvalue weighted by molar-refractivity contribution is 5.91. The van der Waals surface area contributed by atoms with Gasteiger partial charge < -0.3 is 19.5 Å². The van der Waals surface area contributed by atoms with Crippen LogP contribution < -0.4 is 5.32 Å². The fourth-order valence-corrected chi connectivity index (χ4v) is 2.57. The Morgan fingerprint density at radius 3 is 2.52 bits per heavy atom. The second-order valence-corrected chi connectivity index (χ2v) is 5.17. The van der Waals surface area contributed by atoms with Crippen molar-refractivity contribution in [3.8, 4) is 0 Å². The third kappa shape index (κ3) is 3.77. The van der Waals surface area contributed by atoms with Crippen LogP contribution in [0.5, 0.6) is 0 Å². The zero-order valence-electron chi connectivity index (χ0n) is 12.7. The van der Waals surface area contributed by atoms with Gasteiger partial charge in [-0.15, -0.1) is 0 Å². The molecule has 0 aromatic carbocycles. The fourth-order valence-electron chi connectivity index (χ4n) is 2.57. The number of hydrogen-bond acceptors (Lipinski definition) is 3. The largest absolute Gasteiger partial charge is 0.459 e. The van der Waals surface area contributed by atoms with Crippen molar-refractivity contribution in [3.05, 3.63) is 24.2 Å². The summed E-state index contributed by atoms with van der Waals surface area (Å²) >= 11 is 0. The maximum absolute atomic E-state index is 12.2. The van der Waals surface area contributed by atoms with E-state index in [1.54, 1.807) is 12.1 Å². The molecule has 0 spiro atoms. The molecule has 1 aromatic heterocycles. The zero-order chi connectivity index (χ0) is 15.2. The van der Waals surface area contributed by atoms with Gasteiger partial charge in [0, 0.05) is 32.2 Å². The lowest BCUT2D eigenvalue weighted by Crippen LogP contribution is -2.50. The van der Waals surface area contributed by atoms with Crippen LogP contribution in [0.1, 0.15) is 37.2 Å². The van der Waals surface area contributed by atoms with E-state index in [9.17, 15) is 9.59 Å². The molecule has 0 radical (unpaired) electrons. The van der Waals surface area contributed by atoms with Gasteiger partial charge in [0.05, 0.1) is 6.26 Å². The maximum Gasteiger partial charge on any atom is 0.319 e. The molecule has 2 rings (SSSR count). The maximum atomic E-state index is 12.2. The third-order valence-electron chi connectivity index (χ3n) is 3.88. The van der Waals surface area contributed by atoms with Crippen molar-refractivity contribution in [2.75, 3.05) is 26.2 Å². The minimum Gasteiger partial charge on any atom is -0.459 e. The van der Waals surface area contributed by atoms with Crippen LogP contribution >= 0.6 is 0 Å². The quantitative estimate of drug-likeness (QED) is 0.922. The first kappa shape index (κ1) is 15.4. The lowest BCUT2D eigenvalue weighted by molar-refractivity contribution is 0.0884. The average molecular weight is 293 g/mol. The molecule has 2 heterocycles. The SMILES string of the molecule is CCN(CC)C(=O)N1CCC(NC(=O)c2ccco2)CC1. The van der Waals surface area contributed by atoms with Gasteiger partial charge in [0.1, 0.15) is 0 Å². The molecule has 1 aromatic rings. The van der Waals surface area contributed by atoms with Crippen LogP contribution in [-0.2, 0) is 0 Å². The number of urea groups is 1. The van der Waals surface area contributed by atoms with Crippen molar-refractivity contribution < 1.29 is 14.0 Å². The minimum absolute atomic E-state index is 0.0933. The predicted molar refractivity (Wildman–Crippen MR) is 79.1 cm³/mol. The molecule has 1 fully saturated rings. The Bertz CT molecular complexity index is 461. The van der Waals surface area contributed by atoms with Crippen molar-refractivity contribution in [2.45, 2.75) is 32.7 Å². The molecule has 1 aliphatic heterocycles. The van der Waals surface area contributed by atoms with Gasteiger partial charge in [0.25, 0.3) is 5.91 Å². The highest BCUT2D eigenvalue weighted by atomic mass is 16.3. The van der Waals surface area contributed by atoms with E-state index in [0.717, 1.165) is 25.9 Å². The van der Waals surface area contributed by atoms with Crippen molar-refractivity contribution in [1.82, 2.24) is 15.1 Å². The Balaban J connectivity index is 1.80. The predicted octanol–water partition coefficient (Wildman–Crippen LogP) is 1.94. The van der Waals surface area contributed by atoms with Crippen molar-refractivity contribution in [1.29, 1.82) is 0 Å². The Morgan fingerprint density at radius 2 is 2.00 bits per heavy atom. The molecule has 0 unspecified atom stereocenters.